The second-order valence-corrected chi connectivity index (χ2v) is 5.69. The highest BCUT2D eigenvalue weighted by Crippen LogP contribution is 2.20. The van der Waals surface area contributed by atoms with Gasteiger partial charge in [0.2, 0.25) is 5.91 Å². The van der Waals surface area contributed by atoms with Crippen molar-refractivity contribution in [2.24, 2.45) is 5.92 Å². The van der Waals surface area contributed by atoms with Gasteiger partial charge in [0, 0.05) is 5.02 Å². The summed E-state index contributed by atoms with van der Waals surface area (Å²) in [6, 6.07) is 4.61. The Labute approximate surface area is 124 Å². The third-order valence-corrected chi connectivity index (χ3v) is 3.50. The molecule has 0 aliphatic rings. The molecule has 1 aromatic carbocycles. The van der Waals surface area contributed by atoms with Crippen LogP contribution in [0.5, 0.6) is 0 Å². The molecular weight excluding hydrogens is 278 g/mol. The molecule has 5 heteroatoms. The normalized spacial score (nSPS) is 12.2. The first-order chi connectivity index (χ1) is 9.31. The molecular formula is C15H20ClNO3. The van der Waals surface area contributed by atoms with Crippen LogP contribution in [0.2, 0.25) is 5.02 Å². The van der Waals surface area contributed by atoms with Gasteiger partial charge in [0.05, 0.1) is 6.42 Å². The Morgan fingerprint density at radius 3 is 2.55 bits per heavy atom. The minimum Gasteiger partial charge on any atom is -0.480 e. The van der Waals surface area contributed by atoms with Gasteiger partial charge in [0.25, 0.3) is 0 Å². The van der Waals surface area contributed by atoms with Crippen molar-refractivity contribution in [3.8, 4) is 0 Å². The fraction of sp³-hybridized carbons (Fsp3) is 0.467. The van der Waals surface area contributed by atoms with E-state index in [0.717, 1.165) is 5.56 Å². The van der Waals surface area contributed by atoms with Crippen LogP contribution in [0.15, 0.2) is 18.2 Å². The van der Waals surface area contributed by atoms with E-state index in [4.69, 9.17) is 16.7 Å². The lowest BCUT2D eigenvalue weighted by molar-refractivity contribution is -0.142. The number of hydrogen-bond acceptors (Lipinski definition) is 2. The Morgan fingerprint density at radius 1 is 1.35 bits per heavy atom. The van der Waals surface area contributed by atoms with Crippen molar-refractivity contribution >= 4 is 23.5 Å². The van der Waals surface area contributed by atoms with Crippen LogP contribution in [0.4, 0.5) is 0 Å². The summed E-state index contributed by atoms with van der Waals surface area (Å²) in [5.41, 5.74) is 1.60. The minimum absolute atomic E-state index is 0.0857. The van der Waals surface area contributed by atoms with Gasteiger partial charge in [-0.05, 0) is 30.4 Å². The van der Waals surface area contributed by atoms with Gasteiger partial charge in [-0.1, -0.05) is 43.6 Å². The Bertz CT molecular complexity index is 500. The van der Waals surface area contributed by atoms with Crippen LogP contribution in [0.25, 0.3) is 0 Å². The molecule has 0 radical (unpaired) electrons. The van der Waals surface area contributed by atoms with Gasteiger partial charge in [0.1, 0.15) is 6.04 Å². The molecule has 1 rings (SSSR count). The highest BCUT2D eigenvalue weighted by atomic mass is 35.5. The maximum Gasteiger partial charge on any atom is 0.326 e. The van der Waals surface area contributed by atoms with Gasteiger partial charge in [0.15, 0.2) is 0 Å². The van der Waals surface area contributed by atoms with Crippen molar-refractivity contribution < 1.29 is 14.7 Å². The molecule has 1 atom stereocenters. The summed E-state index contributed by atoms with van der Waals surface area (Å²) < 4.78 is 0. The smallest absolute Gasteiger partial charge is 0.326 e. The summed E-state index contributed by atoms with van der Waals surface area (Å²) in [4.78, 5) is 23.0. The third-order valence-electron chi connectivity index (χ3n) is 2.96. The average Bonchev–Trinajstić information content (AvgIpc) is 2.33. The van der Waals surface area contributed by atoms with Gasteiger partial charge in [-0.25, -0.2) is 4.79 Å². The topological polar surface area (TPSA) is 66.4 Å². The number of benzene rings is 1. The van der Waals surface area contributed by atoms with E-state index in [1.807, 2.05) is 32.9 Å². The number of carbonyl (C=O) groups is 2. The molecule has 0 aromatic heterocycles. The molecule has 2 N–H and O–H groups in total. The van der Waals surface area contributed by atoms with Gasteiger partial charge in [-0.3, -0.25) is 4.79 Å². The molecule has 1 amide bonds. The minimum atomic E-state index is -1.01. The maximum atomic E-state index is 11.9. The first-order valence-corrected chi connectivity index (χ1v) is 6.95. The summed E-state index contributed by atoms with van der Waals surface area (Å²) >= 11 is 6.12. The molecule has 110 valence electrons. The van der Waals surface area contributed by atoms with E-state index in [1.165, 1.54) is 0 Å². The van der Waals surface area contributed by atoms with Crippen LogP contribution in [0.1, 0.15) is 31.4 Å². The van der Waals surface area contributed by atoms with Crippen LogP contribution in [-0.2, 0) is 16.0 Å². The predicted octanol–water partition coefficient (Wildman–Crippen LogP) is 2.81. The Kier molecular flexibility index (Phi) is 6.02. The highest BCUT2D eigenvalue weighted by molar-refractivity contribution is 6.32. The number of hydrogen-bond donors (Lipinski definition) is 2. The van der Waals surface area contributed by atoms with Crippen molar-refractivity contribution in [3.63, 3.8) is 0 Å². The van der Waals surface area contributed by atoms with Crippen molar-refractivity contribution in [2.45, 2.75) is 39.7 Å². The lowest BCUT2D eigenvalue weighted by Gasteiger charge is -2.16. The summed E-state index contributed by atoms with van der Waals surface area (Å²) in [5.74, 6) is -1.15. The number of carboxylic acid groups (broad SMARTS) is 1. The zero-order chi connectivity index (χ0) is 15.3. The second-order valence-electron chi connectivity index (χ2n) is 5.31. The van der Waals surface area contributed by atoms with Crippen molar-refractivity contribution in [3.05, 3.63) is 34.3 Å². The van der Waals surface area contributed by atoms with Gasteiger partial charge >= 0.3 is 5.97 Å². The SMILES string of the molecule is Cc1cccc(CC(=O)N[C@@H](CC(C)C)C(=O)O)c1Cl. The first kappa shape index (κ1) is 16.5. The van der Waals surface area contributed by atoms with Gasteiger partial charge < -0.3 is 10.4 Å². The molecule has 0 saturated carbocycles. The maximum absolute atomic E-state index is 11.9. The Morgan fingerprint density at radius 2 is 2.00 bits per heavy atom. The van der Waals surface area contributed by atoms with Crippen molar-refractivity contribution in [1.82, 2.24) is 5.32 Å². The fourth-order valence-electron chi connectivity index (χ4n) is 1.96. The lowest BCUT2D eigenvalue weighted by atomic mass is 10.0. The monoisotopic (exact) mass is 297 g/mol. The number of carbonyl (C=O) groups excluding carboxylic acids is 1. The zero-order valence-electron chi connectivity index (χ0n) is 11.9. The number of rotatable bonds is 6. The van der Waals surface area contributed by atoms with Crippen molar-refractivity contribution in [1.29, 1.82) is 0 Å². The number of aryl methyl sites for hydroxylation is 1. The van der Waals surface area contributed by atoms with Gasteiger partial charge in [-0.15, -0.1) is 0 Å². The predicted molar refractivity (Wildman–Crippen MR) is 78.9 cm³/mol. The van der Waals surface area contributed by atoms with E-state index in [-0.39, 0.29) is 18.2 Å². The molecule has 4 nitrogen and oxygen atoms in total. The molecule has 20 heavy (non-hydrogen) atoms. The first-order valence-electron chi connectivity index (χ1n) is 6.57. The number of nitrogens with one attached hydrogen (secondary N) is 1. The highest BCUT2D eigenvalue weighted by Gasteiger charge is 2.21. The molecule has 0 aliphatic carbocycles. The fourth-order valence-corrected chi connectivity index (χ4v) is 2.15. The van der Waals surface area contributed by atoms with Crippen LogP contribution < -0.4 is 5.32 Å². The third kappa shape index (κ3) is 4.85. The quantitative estimate of drug-likeness (QED) is 0.848. The molecule has 0 saturated heterocycles. The lowest BCUT2D eigenvalue weighted by Crippen LogP contribution is -2.42. The van der Waals surface area contributed by atoms with E-state index in [2.05, 4.69) is 5.32 Å². The van der Waals surface area contributed by atoms with Crippen LogP contribution in [0, 0.1) is 12.8 Å². The molecule has 0 unspecified atom stereocenters. The summed E-state index contributed by atoms with van der Waals surface area (Å²) in [6.07, 6.45) is 0.491. The number of carboxylic acids is 1. The molecule has 0 fully saturated rings. The van der Waals surface area contributed by atoms with Gasteiger partial charge in [-0.2, -0.15) is 0 Å². The summed E-state index contributed by atoms with van der Waals surface area (Å²) in [6.45, 7) is 5.70. The molecule has 1 aromatic rings. The molecule has 0 spiro atoms. The van der Waals surface area contributed by atoms with Crippen LogP contribution in [0.3, 0.4) is 0 Å². The standard InChI is InChI=1S/C15H20ClNO3/c1-9(2)7-12(15(19)20)17-13(18)8-11-6-4-5-10(3)14(11)16/h4-6,9,12H,7-8H2,1-3H3,(H,17,18)(H,19,20)/t12-/m0/s1. The zero-order valence-corrected chi connectivity index (χ0v) is 12.7. The molecule has 0 aliphatic heterocycles. The number of amides is 1. The molecule has 0 bridgehead atoms. The van der Waals surface area contributed by atoms with Crippen LogP contribution in [-0.4, -0.2) is 23.0 Å². The number of aliphatic carboxylic acids is 1. The number of halogens is 1. The largest absolute Gasteiger partial charge is 0.480 e. The van der Waals surface area contributed by atoms with E-state index in [0.29, 0.717) is 17.0 Å². The van der Waals surface area contributed by atoms with E-state index >= 15 is 0 Å². The summed E-state index contributed by atoms with van der Waals surface area (Å²) in [5, 5.41) is 12.2. The average molecular weight is 298 g/mol. The van der Waals surface area contributed by atoms with E-state index in [1.54, 1.807) is 6.07 Å². The Balaban J connectivity index is 2.71. The molecule has 0 heterocycles. The van der Waals surface area contributed by atoms with E-state index in [9.17, 15) is 9.59 Å². The van der Waals surface area contributed by atoms with Crippen molar-refractivity contribution in [2.75, 3.05) is 0 Å². The Hall–Kier alpha value is -1.55. The summed E-state index contributed by atoms with van der Waals surface area (Å²) in [7, 11) is 0. The second kappa shape index (κ2) is 7.29. The van der Waals surface area contributed by atoms with E-state index < -0.39 is 12.0 Å². The van der Waals surface area contributed by atoms with Crippen LogP contribution >= 0.6 is 11.6 Å².